The number of carbonyl (C=O) groups is 1. The van der Waals surface area contributed by atoms with E-state index in [0.717, 1.165) is 4.57 Å². The lowest BCUT2D eigenvalue weighted by Gasteiger charge is -2.15. The summed E-state index contributed by atoms with van der Waals surface area (Å²) in [5, 5.41) is 4.23. The van der Waals surface area contributed by atoms with Crippen LogP contribution in [0, 0.1) is 5.82 Å². The predicted molar refractivity (Wildman–Crippen MR) is 92.0 cm³/mol. The lowest BCUT2D eigenvalue weighted by atomic mass is 10.2. The number of nitrogens with zero attached hydrogens (tertiary/aromatic N) is 4. The number of rotatable bonds is 4. The molecule has 2 aromatic carbocycles. The summed E-state index contributed by atoms with van der Waals surface area (Å²) in [5.74, 6) is 0.574. The van der Waals surface area contributed by atoms with Crippen molar-refractivity contribution < 1.29 is 13.9 Å². The van der Waals surface area contributed by atoms with Gasteiger partial charge in [0.15, 0.2) is 5.82 Å². The molecule has 26 heavy (non-hydrogen) atoms. The highest BCUT2D eigenvalue weighted by atomic mass is 19.1. The zero-order valence-electron chi connectivity index (χ0n) is 13.9. The fourth-order valence-electron chi connectivity index (χ4n) is 2.97. The van der Waals surface area contributed by atoms with Crippen LogP contribution in [0.15, 0.2) is 53.3 Å². The minimum absolute atomic E-state index is 0.100. The van der Waals surface area contributed by atoms with Crippen LogP contribution in [0.5, 0.6) is 5.75 Å². The van der Waals surface area contributed by atoms with E-state index in [1.807, 2.05) is 0 Å². The van der Waals surface area contributed by atoms with E-state index in [2.05, 4.69) is 5.10 Å². The molecule has 0 saturated carbocycles. The second kappa shape index (κ2) is 6.14. The van der Waals surface area contributed by atoms with Gasteiger partial charge in [0, 0.05) is 11.8 Å². The Bertz CT molecular complexity index is 1060. The molecule has 0 aliphatic carbocycles. The molecule has 2 heterocycles. The van der Waals surface area contributed by atoms with Crippen LogP contribution in [0.2, 0.25) is 0 Å². The Labute approximate surface area is 147 Å². The lowest BCUT2D eigenvalue weighted by molar-refractivity contribution is 0.250. The van der Waals surface area contributed by atoms with Crippen LogP contribution in [0.25, 0.3) is 0 Å². The van der Waals surface area contributed by atoms with Gasteiger partial charge in [-0.15, -0.1) is 0 Å². The first-order valence-electron chi connectivity index (χ1n) is 7.96. The normalized spacial score (nSPS) is 13.2. The molecule has 0 saturated heterocycles. The number of methoxy groups -OCH3 is 1. The molecule has 7 nitrogen and oxygen atoms in total. The largest absolute Gasteiger partial charge is 0.497 e. The first-order chi connectivity index (χ1) is 12.6. The number of fused-ring (bicyclic) bond motifs is 1. The van der Waals surface area contributed by atoms with Crippen LogP contribution >= 0.6 is 0 Å². The molecule has 0 bridgehead atoms. The highest BCUT2D eigenvalue weighted by Crippen LogP contribution is 2.25. The van der Waals surface area contributed by atoms with E-state index in [-0.39, 0.29) is 18.9 Å². The second-order valence-electron chi connectivity index (χ2n) is 5.89. The Kier molecular flexibility index (Phi) is 3.80. The molecule has 0 unspecified atom stereocenters. The highest BCUT2D eigenvalue weighted by molar-refractivity contribution is 5.96. The molecule has 0 fully saturated rings. The Morgan fingerprint density at radius 3 is 2.69 bits per heavy atom. The van der Waals surface area contributed by atoms with E-state index >= 15 is 0 Å². The van der Waals surface area contributed by atoms with Gasteiger partial charge >= 0.3 is 11.7 Å². The molecule has 0 N–H and O–H groups in total. The maximum atomic E-state index is 13.3. The van der Waals surface area contributed by atoms with Gasteiger partial charge in [-0.2, -0.15) is 9.67 Å². The van der Waals surface area contributed by atoms with Crippen molar-refractivity contribution in [2.24, 2.45) is 0 Å². The maximum Gasteiger partial charge on any atom is 0.354 e. The van der Waals surface area contributed by atoms with E-state index in [0.29, 0.717) is 22.8 Å². The van der Waals surface area contributed by atoms with Crippen LogP contribution in [-0.2, 0) is 13.1 Å². The van der Waals surface area contributed by atoms with Crippen molar-refractivity contribution >= 4 is 11.7 Å². The molecule has 0 atom stereocenters. The average Bonchev–Trinajstić information content (AvgIpc) is 3.12. The van der Waals surface area contributed by atoms with Crippen molar-refractivity contribution in [2.45, 2.75) is 13.1 Å². The number of benzene rings is 2. The number of hydrogen-bond donors (Lipinski definition) is 0. The number of ether oxygens (including phenoxy) is 1. The summed E-state index contributed by atoms with van der Waals surface area (Å²) in [5.41, 5.74) is 0.677. The summed E-state index contributed by atoms with van der Waals surface area (Å²) in [6.45, 7) is 0.278. The van der Waals surface area contributed by atoms with Gasteiger partial charge in [0.05, 0.1) is 20.2 Å². The third kappa shape index (κ3) is 2.65. The Balaban J connectivity index is 1.63. The van der Waals surface area contributed by atoms with Crippen molar-refractivity contribution in [3.63, 3.8) is 0 Å². The average molecular weight is 354 g/mol. The number of hydrogen-bond acceptors (Lipinski definition) is 4. The van der Waals surface area contributed by atoms with Gasteiger partial charge < -0.3 is 4.74 Å². The number of halogens is 1. The Morgan fingerprint density at radius 1 is 1.15 bits per heavy atom. The van der Waals surface area contributed by atoms with Gasteiger partial charge in [0.25, 0.3) is 0 Å². The molecule has 1 aliphatic heterocycles. The smallest absolute Gasteiger partial charge is 0.354 e. The zero-order valence-corrected chi connectivity index (χ0v) is 13.9. The second-order valence-corrected chi connectivity index (χ2v) is 5.89. The summed E-state index contributed by atoms with van der Waals surface area (Å²) >= 11 is 0. The molecule has 132 valence electrons. The van der Waals surface area contributed by atoms with Crippen LogP contribution in [-0.4, -0.2) is 27.5 Å². The summed E-state index contributed by atoms with van der Waals surface area (Å²) in [6.07, 6.45) is 0. The minimum Gasteiger partial charge on any atom is -0.497 e. The molecule has 4 rings (SSSR count). The molecule has 1 aliphatic rings. The molecule has 3 aromatic rings. The number of carbonyl (C=O) groups excluding carboxylic acids is 1. The van der Waals surface area contributed by atoms with Gasteiger partial charge in [0.2, 0.25) is 0 Å². The topological polar surface area (TPSA) is 69.4 Å². The van der Waals surface area contributed by atoms with E-state index in [1.54, 1.807) is 43.5 Å². The van der Waals surface area contributed by atoms with E-state index in [4.69, 9.17) is 4.74 Å². The number of aromatic nitrogens is 3. The molecule has 1 amide bonds. The van der Waals surface area contributed by atoms with Crippen molar-refractivity contribution in [2.75, 3.05) is 12.0 Å². The predicted octanol–water partition coefficient (Wildman–Crippen LogP) is 2.23. The van der Waals surface area contributed by atoms with E-state index in [1.165, 1.54) is 21.7 Å². The Hall–Kier alpha value is -3.42. The summed E-state index contributed by atoms with van der Waals surface area (Å²) in [6, 6.07) is 12.5. The molecule has 0 spiro atoms. The highest BCUT2D eigenvalue weighted by Gasteiger charge is 2.33. The maximum absolute atomic E-state index is 13.3. The number of amides is 1. The summed E-state index contributed by atoms with van der Waals surface area (Å²) in [7, 11) is 1.54. The summed E-state index contributed by atoms with van der Waals surface area (Å²) in [4.78, 5) is 26.7. The third-order valence-electron chi connectivity index (χ3n) is 4.21. The SMILES string of the molecule is COc1cccc(N2Cc3nn(Cc4cccc(F)c4)c(=O)n3C2=O)c1. The standard InChI is InChI=1S/C18H15FN4O3/c1-26-15-7-3-6-14(9-15)21-11-16-20-22(18(25)23(16)17(21)24)10-12-4-2-5-13(19)8-12/h2-9H,10-11H2,1H3. The van der Waals surface area contributed by atoms with E-state index in [9.17, 15) is 14.0 Å². The van der Waals surface area contributed by atoms with Crippen LogP contribution in [0.4, 0.5) is 14.9 Å². The molecule has 8 heteroatoms. The summed E-state index contributed by atoms with van der Waals surface area (Å²) < 4.78 is 20.7. The van der Waals surface area contributed by atoms with Gasteiger partial charge in [-0.05, 0) is 29.8 Å². The first-order valence-corrected chi connectivity index (χ1v) is 7.96. The first kappa shape index (κ1) is 16.1. The molecule has 0 radical (unpaired) electrons. The van der Waals surface area contributed by atoms with Gasteiger partial charge in [-0.3, -0.25) is 4.90 Å². The van der Waals surface area contributed by atoms with Gasteiger partial charge in [0.1, 0.15) is 11.6 Å². The van der Waals surface area contributed by atoms with Crippen molar-refractivity contribution in [3.8, 4) is 5.75 Å². The minimum atomic E-state index is -0.542. The van der Waals surface area contributed by atoms with Crippen molar-refractivity contribution in [1.82, 2.24) is 14.3 Å². The molecular weight excluding hydrogens is 339 g/mol. The van der Waals surface area contributed by atoms with Crippen LogP contribution in [0.3, 0.4) is 0 Å². The van der Waals surface area contributed by atoms with Gasteiger partial charge in [-0.1, -0.05) is 18.2 Å². The zero-order chi connectivity index (χ0) is 18.3. The van der Waals surface area contributed by atoms with Gasteiger partial charge in [-0.25, -0.2) is 18.7 Å². The quantitative estimate of drug-likeness (QED) is 0.720. The fourth-order valence-corrected chi connectivity index (χ4v) is 2.97. The molecule has 1 aromatic heterocycles. The monoisotopic (exact) mass is 354 g/mol. The van der Waals surface area contributed by atoms with Crippen molar-refractivity contribution in [3.05, 3.63) is 76.2 Å². The van der Waals surface area contributed by atoms with Crippen LogP contribution < -0.4 is 15.3 Å². The van der Waals surface area contributed by atoms with Crippen LogP contribution in [0.1, 0.15) is 11.4 Å². The number of anilines is 1. The Morgan fingerprint density at radius 2 is 1.96 bits per heavy atom. The fraction of sp³-hybridized carbons (Fsp3) is 0.167. The third-order valence-corrected chi connectivity index (χ3v) is 4.21. The lowest BCUT2D eigenvalue weighted by Crippen LogP contribution is -2.35. The van der Waals surface area contributed by atoms with Crippen molar-refractivity contribution in [1.29, 1.82) is 0 Å². The van der Waals surface area contributed by atoms with E-state index < -0.39 is 11.7 Å². The molecular formula is C18H15FN4O3.